The predicted octanol–water partition coefficient (Wildman–Crippen LogP) is 5.90. The van der Waals surface area contributed by atoms with Crippen molar-refractivity contribution >= 4 is 28.4 Å². The lowest BCUT2D eigenvalue weighted by molar-refractivity contribution is -0.137. The lowest BCUT2D eigenvalue weighted by Crippen LogP contribution is -2.13. The van der Waals surface area contributed by atoms with Crippen LogP contribution in [0.1, 0.15) is 5.56 Å². The molecule has 10 heteroatoms. The number of anilines is 3. The van der Waals surface area contributed by atoms with Crippen LogP contribution in [0.15, 0.2) is 66.7 Å². The number of ether oxygens (including phenoxy) is 3. The Balaban J connectivity index is 1.60. The second-order valence-electron chi connectivity index (χ2n) is 7.41. The molecule has 0 saturated heterocycles. The molecule has 0 spiro atoms. The van der Waals surface area contributed by atoms with E-state index < -0.39 is 11.7 Å². The van der Waals surface area contributed by atoms with Crippen molar-refractivity contribution in [3.63, 3.8) is 0 Å². The molecule has 0 atom stereocenters. The topological polar surface area (TPSA) is 77.5 Å². The van der Waals surface area contributed by atoms with Crippen LogP contribution in [0.2, 0.25) is 0 Å². The van der Waals surface area contributed by atoms with E-state index in [0.29, 0.717) is 47.1 Å². The monoisotopic (exact) mass is 484 g/mol. The molecule has 2 N–H and O–H groups in total. The molecule has 0 aliphatic carbocycles. The molecule has 7 nitrogen and oxygen atoms in total. The van der Waals surface area contributed by atoms with Gasteiger partial charge in [0.15, 0.2) is 11.5 Å². The lowest BCUT2D eigenvalue weighted by Gasteiger charge is -2.15. The first-order chi connectivity index (χ1) is 16.9. The number of hydrogen-bond donors (Lipinski definition) is 2. The second kappa shape index (κ2) is 10.4. The highest BCUT2D eigenvalue weighted by Gasteiger charge is 2.30. The number of benzene rings is 3. The van der Waals surface area contributed by atoms with Crippen molar-refractivity contribution in [1.29, 1.82) is 0 Å². The van der Waals surface area contributed by atoms with Crippen molar-refractivity contribution in [3.05, 3.63) is 72.3 Å². The first-order valence-corrected chi connectivity index (χ1v) is 10.7. The van der Waals surface area contributed by atoms with E-state index in [9.17, 15) is 13.2 Å². The van der Waals surface area contributed by atoms with Crippen molar-refractivity contribution in [2.75, 3.05) is 38.0 Å². The third kappa shape index (κ3) is 5.84. The fourth-order valence-electron chi connectivity index (χ4n) is 3.37. The predicted molar refractivity (Wildman–Crippen MR) is 128 cm³/mol. The summed E-state index contributed by atoms with van der Waals surface area (Å²) in [5.41, 5.74) is 0.231. The Morgan fingerprint density at radius 1 is 0.857 bits per heavy atom. The zero-order chi connectivity index (χ0) is 24.8. The average molecular weight is 484 g/mol. The molecule has 1 heterocycles. The molecule has 4 rings (SSSR count). The highest BCUT2D eigenvalue weighted by Crippen LogP contribution is 2.35. The van der Waals surface area contributed by atoms with E-state index >= 15 is 0 Å². The zero-order valence-electron chi connectivity index (χ0n) is 19.0. The molecular weight excluding hydrogens is 461 g/mol. The number of rotatable bonds is 9. The van der Waals surface area contributed by atoms with Crippen molar-refractivity contribution in [1.82, 2.24) is 9.97 Å². The SMILES string of the molecule is COc1cc2nc(Nc3ccc(C(F)(F)F)cc3)nc(NCCOc3ccccc3)c2cc1OC. The summed E-state index contributed by atoms with van der Waals surface area (Å²) in [6, 6.07) is 17.5. The number of methoxy groups -OCH3 is 2. The number of halogens is 3. The van der Waals surface area contributed by atoms with E-state index in [1.807, 2.05) is 30.3 Å². The summed E-state index contributed by atoms with van der Waals surface area (Å²) in [6.45, 7) is 0.819. The minimum Gasteiger partial charge on any atom is -0.493 e. The van der Waals surface area contributed by atoms with E-state index in [2.05, 4.69) is 20.6 Å². The summed E-state index contributed by atoms with van der Waals surface area (Å²) in [7, 11) is 3.05. The third-order valence-electron chi connectivity index (χ3n) is 5.08. The van der Waals surface area contributed by atoms with Crippen LogP contribution in [0.5, 0.6) is 17.2 Å². The van der Waals surface area contributed by atoms with Crippen LogP contribution in [-0.2, 0) is 6.18 Å². The number of para-hydroxylation sites is 1. The smallest absolute Gasteiger partial charge is 0.416 e. The highest BCUT2D eigenvalue weighted by atomic mass is 19.4. The van der Waals surface area contributed by atoms with Crippen molar-refractivity contribution in [2.24, 2.45) is 0 Å². The lowest BCUT2D eigenvalue weighted by atomic mass is 10.2. The molecule has 0 bridgehead atoms. The minimum atomic E-state index is -4.41. The van der Waals surface area contributed by atoms with Gasteiger partial charge in [0.2, 0.25) is 5.95 Å². The first kappa shape index (κ1) is 23.9. The van der Waals surface area contributed by atoms with Crippen molar-refractivity contribution in [2.45, 2.75) is 6.18 Å². The van der Waals surface area contributed by atoms with Gasteiger partial charge in [0.1, 0.15) is 18.2 Å². The van der Waals surface area contributed by atoms with Crippen LogP contribution in [0, 0.1) is 0 Å². The number of hydrogen-bond acceptors (Lipinski definition) is 7. The minimum absolute atomic E-state index is 0.205. The largest absolute Gasteiger partial charge is 0.493 e. The van der Waals surface area contributed by atoms with Crippen LogP contribution in [0.3, 0.4) is 0 Å². The zero-order valence-corrected chi connectivity index (χ0v) is 19.0. The quantitative estimate of drug-likeness (QED) is 0.287. The molecule has 0 radical (unpaired) electrons. The molecule has 35 heavy (non-hydrogen) atoms. The Labute approximate surface area is 199 Å². The fourth-order valence-corrected chi connectivity index (χ4v) is 3.37. The number of fused-ring (bicyclic) bond motifs is 1. The number of nitrogens with one attached hydrogen (secondary N) is 2. The second-order valence-corrected chi connectivity index (χ2v) is 7.41. The van der Waals surface area contributed by atoms with Gasteiger partial charge >= 0.3 is 6.18 Å². The summed E-state index contributed by atoms with van der Waals surface area (Å²) < 4.78 is 55.1. The van der Waals surface area contributed by atoms with Gasteiger partial charge in [0.05, 0.1) is 31.8 Å². The van der Waals surface area contributed by atoms with Gasteiger partial charge in [-0.3, -0.25) is 0 Å². The maximum absolute atomic E-state index is 12.9. The molecule has 0 fully saturated rings. The standard InChI is InChI=1S/C25H23F3N4O3/c1-33-21-14-19-20(15-22(21)34-2)31-24(30-17-10-8-16(9-11-17)25(26,27)28)32-23(19)29-12-13-35-18-6-4-3-5-7-18/h3-11,14-15H,12-13H2,1-2H3,(H2,29,30,31,32). The fraction of sp³-hybridized carbons (Fsp3) is 0.200. The average Bonchev–Trinajstić information content (AvgIpc) is 2.86. The molecule has 0 saturated carbocycles. The Kier molecular flexibility index (Phi) is 7.09. The van der Waals surface area contributed by atoms with Gasteiger partial charge < -0.3 is 24.8 Å². The van der Waals surface area contributed by atoms with Gasteiger partial charge in [-0.1, -0.05) is 18.2 Å². The number of alkyl halides is 3. The molecule has 4 aromatic rings. The van der Waals surface area contributed by atoms with Crippen LogP contribution in [0.25, 0.3) is 10.9 Å². The Morgan fingerprint density at radius 3 is 2.20 bits per heavy atom. The van der Waals surface area contributed by atoms with Crippen LogP contribution >= 0.6 is 0 Å². The summed E-state index contributed by atoms with van der Waals surface area (Å²) >= 11 is 0. The normalized spacial score (nSPS) is 11.2. The molecule has 3 aromatic carbocycles. The van der Waals surface area contributed by atoms with Crippen LogP contribution in [0.4, 0.5) is 30.6 Å². The Bertz CT molecular complexity index is 1280. The highest BCUT2D eigenvalue weighted by molar-refractivity contribution is 5.93. The van der Waals surface area contributed by atoms with Crippen LogP contribution in [-0.4, -0.2) is 37.3 Å². The maximum Gasteiger partial charge on any atom is 0.416 e. The Hall–Kier alpha value is -4.21. The van der Waals surface area contributed by atoms with Gasteiger partial charge in [-0.25, -0.2) is 4.98 Å². The molecule has 182 valence electrons. The van der Waals surface area contributed by atoms with Gasteiger partial charge in [-0.05, 0) is 42.5 Å². The summed E-state index contributed by atoms with van der Waals surface area (Å²) in [5, 5.41) is 6.89. The molecule has 0 unspecified atom stereocenters. The molecule has 1 aromatic heterocycles. The van der Waals surface area contributed by atoms with Crippen LogP contribution < -0.4 is 24.8 Å². The number of nitrogens with zero attached hydrogens (tertiary/aromatic N) is 2. The molecule has 0 amide bonds. The van der Waals surface area contributed by atoms with Gasteiger partial charge in [-0.2, -0.15) is 18.2 Å². The van der Waals surface area contributed by atoms with Gasteiger partial charge in [0.25, 0.3) is 0 Å². The number of aromatic nitrogens is 2. The molecule has 0 aliphatic heterocycles. The van der Waals surface area contributed by atoms with E-state index in [-0.39, 0.29) is 5.95 Å². The van der Waals surface area contributed by atoms with E-state index in [4.69, 9.17) is 14.2 Å². The summed E-state index contributed by atoms with van der Waals surface area (Å²) in [5.74, 6) is 2.45. The van der Waals surface area contributed by atoms with Gasteiger partial charge in [0, 0.05) is 17.1 Å². The van der Waals surface area contributed by atoms with Crippen molar-refractivity contribution in [3.8, 4) is 17.2 Å². The van der Waals surface area contributed by atoms with Gasteiger partial charge in [-0.15, -0.1) is 0 Å². The van der Waals surface area contributed by atoms with E-state index in [1.54, 1.807) is 12.1 Å². The molecular formula is C25H23F3N4O3. The third-order valence-corrected chi connectivity index (χ3v) is 5.08. The maximum atomic E-state index is 12.9. The van der Waals surface area contributed by atoms with E-state index in [1.165, 1.54) is 26.4 Å². The van der Waals surface area contributed by atoms with Crippen molar-refractivity contribution < 1.29 is 27.4 Å². The first-order valence-electron chi connectivity index (χ1n) is 10.7. The van der Waals surface area contributed by atoms with E-state index in [0.717, 1.165) is 17.9 Å². The summed E-state index contributed by atoms with van der Waals surface area (Å²) in [6.07, 6.45) is -4.41. The Morgan fingerprint density at radius 2 is 1.54 bits per heavy atom. The summed E-state index contributed by atoms with van der Waals surface area (Å²) in [4.78, 5) is 9.05. The molecule has 0 aliphatic rings.